The number of aryl methyl sites for hydroxylation is 3. The first kappa shape index (κ1) is 16.2. The zero-order valence-electron chi connectivity index (χ0n) is 12.5. The molecule has 1 aromatic carbocycles. The molecule has 106 valence electrons. The van der Waals surface area contributed by atoms with Crippen LogP contribution in [0, 0.1) is 26.7 Å². The quantitative estimate of drug-likeness (QED) is 0.809. The summed E-state index contributed by atoms with van der Waals surface area (Å²) < 4.78 is 0. The summed E-state index contributed by atoms with van der Waals surface area (Å²) in [6.45, 7) is 10.3. The molecule has 1 unspecified atom stereocenters. The van der Waals surface area contributed by atoms with E-state index in [0.29, 0.717) is 5.92 Å². The van der Waals surface area contributed by atoms with E-state index in [1.54, 1.807) is 0 Å². The minimum absolute atomic E-state index is 0.0506. The minimum Gasteiger partial charge on any atom is -0.349 e. The summed E-state index contributed by atoms with van der Waals surface area (Å²) >= 11 is 3.45. The van der Waals surface area contributed by atoms with E-state index in [9.17, 15) is 4.79 Å². The van der Waals surface area contributed by atoms with E-state index in [2.05, 4.69) is 54.2 Å². The van der Waals surface area contributed by atoms with Gasteiger partial charge in [-0.15, -0.1) is 0 Å². The second kappa shape index (κ2) is 7.09. The van der Waals surface area contributed by atoms with Gasteiger partial charge in [0.25, 0.3) is 5.91 Å². The highest BCUT2D eigenvalue weighted by atomic mass is 79.9. The fourth-order valence-electron chi connectivity index (χ4n) is 2.47. The number of nitrogens with one attached hydrogen (secondary N) is 1. The van der Waals surface area contributed by atoms with Gasteiger partial charge >= 0.3 is 0 Å². The monoisotopic (exact) mass is 325 g/mol. The molecule has 0 aliphatic heterocycles. The van der Waals surface area contributed by atoms with Crippen LogP contribution >= 0.6 is 15.9 Å². The number of alkyl halides is 1. The van der Waals surface area contributed by atoms with Crippen LogP contribution in [0.25, 0.3) is 0 Å². The maximum atomic E-state index is 12.5. The van der Waals surface area contributed by atoms with E-state index >= 15 is 0 Å². The Labute approximate surface area is 125 Å². The summed E-state index contributed by atoms with van der Waals surface area (Å²) in [4.78, 5) is 12.5. The molecule has 3 heteroatoms. The highest BCUT2D eigenvalue weighted by molar-refractivity contribution is 9.09. The molecule has 0 aliphatic rings. The standard InChI is InChI=1S/C16H24BrNO/c1-10(2)14(6-7-17)18-16(19)15-12(4)8-11(3)9-13(15)5/h8-10,14H,6-7H2,1-5H3,(H,18,19). The number of carbonyl (C=O) groups is 1. The number of hydrogen-bond acceptors (Lipinski definition) is 1. The Morgan fingerprint density at radius 1 is 1.21 bits per heavy atom. The van der Waals surface area contributed by atoms with E-state index in [1.807, 2.05) is 13.8 Å². The summed E-state index contributed by atoms with van der Waals surface area (Å²) in [6, 6.07) is 4.35. The molecule has 19 heavy (non-hydrogen) atoms. The average Bonchev–Trinajstić information content (AvgIpc) is 2.26. The second-order valence-corrected chi connectivity index (χ2v) is 6.37. The third-order valence-corrected chi connectivity index (χ3v) is 3.90. The molecule has 1 N–H and O–H groups in total. The lowest BCUT2D eigenvalue weighted by atomic mass is 9.97. The van der Waals surface area contributed by atoms with E-state index < -0.39 is 0 Å². The molecule has 1 amide bonds. The van der Waals surface area contributed by atoms with Crippen molar-refractivity contribution in [3.05, 3.63) is 34.4 Å². The molecule has 0 saturated carbocycles. The number of amides is 1. The van der Waals surface area contributed by atoms with Crippen molar-refractivity contribution in [3.63, 3.8) is 0 Å². The highest BCUT2D eigenvalue weighted by Crippen LogP contribution is 2.17. The van der Waals surface area contributed by atoms with Gasteiger partial charge < -0.3 is 5.32 Å². The Balaban J connectivity index is 2.94. The Morgan fingerprint density at radius 3 is 2.16 bits per heavy atom. The summed E-state index contributed by atoms with van der Waals surface area (Å²) in [6.07, 6.45) is 0.952. The summed E-state index contributed by atoms with van der Waals surface area (Å²) in [7, 11) is 0. The first-order valence-corrected chi connectivity index (χ1v) is 7.93. The van der Waals surface area contributed by atoms with Crippen LogP contribution in [-0.4, -0.2) is 17.3 Å². The SMILES string of the molecule is Cc1cc(C)c(C(=O)NC(CCBr)C(C)C)c(C)c1. The largest absolute Gasteiger partial charge is 0.349 e. The zero-order valence-corrected chi connectivity index (χ0v) is 14.1. The van der Waals surface area contributed by atoms with Gasteiger partial charge in [-0.1, -0.05) is 47.5 Å². The second-order valence-electron chi connectivity index (χ2n) is 5.58. The summed E-state index contributed by atoms with van der Waals surface area (Å²) in [5, 5.41) is 4.07. The van der Waals surface area contributed by atoms with Crippen molar-refractivity contribution in [3.8, 4) is 0 Å². The number of benzene rings is 1. The lowest BCUT2D eigenvalue weighted by molar-refractivity contribution is 0.0924. The Hall–Kier alpha value is -0.830. The number of hydrogen-bond donors (Lipinski definition) is 1. The first-order valence-electron chi connectivity index (χ1n) is 6.81. The third-order valence-electron chi connectivity index (χ3n) is 3.45. The van der Waals surface area contributed by atoms with Gasteiger partial charge in [0.1, 0.15) is 0 Å². The molecule has 2 nitrogen and oxygen atoms in total. The number of rotatable bonds is 5. The van der Waals surface area contributed by atoms with Crippen LogP contribution in [0.2, 0.25) is 0 Å². The third kappa shape index (κ3) is 4.34. The van der Waals surface area contributed by atoms with Crippen LogP contribution < -0.4 is 5.32 Å². The molecule has 0 saturated heterocycles. The van der Waals surface area contributed by atoms with Gasteiger partial charge in [-0.05, 0) is 44.2 Å². The number of carbonyl (C=O) groups excluding carboxylic acids is 1. The van der Waals surface area contributed by atoms with Crippen LogP contribution in [0.1, 0.15) is 47.3 Å². The lowest BCUT2D eigenvalue weighted by Crippen LogP contribution is -2.39. The fraction of sp³-hybridized carbons (Fsp3) is 0.562. The topological polar surface area (TPSA) is 29.1 Å². The van der Waals surface area contributed by atoms with Gasteiger partial charge in [0.15, 0.2) is 0 Å². The van der Waals surface area contributed by atoms with E-state index in [-0.39, 0.29) is 11.9 Å². The Bertz CT molecular complexity index is 431. The van der Waals surface area contributed by atoms with Crippen molar-refractivity contribution in [1.29, 1.82) is 0 Å². The van der Waals surface area contributed by atoms with Crippen molar-refractivity contribution < 1.29 is 4.79 Å². The van der Waals surface area contributed by atoms with E-state index in [1.165, 1.54) is 5.56 Å². The smallest absolute Gasteiger partial charge is 0.252 e. The van der Waals surface area contributed by atoms with Crippen LogP contribution in [0.15, 0.2) is 12.1 Å². The molecule has 0 fully saturated rings. The van der Waals surface area contributed by atoms with Gasteiger partial charge in [-0.3, -0.25) is 4.79 Å². The summed E-state index contributed by atoms with van der Waals surface area (Å²) in [5.41, 5.74) is 4.13. The number of halogens is 1. The van der Waals surface area contributed by atoms with Gasteiger partial charge in [0, 0.05) is 16.9 Å². The molecule has 1 atom stereocenters. The predicted octanol–water partition coefficient (Wildman–Crippen LogP) is 4.15. The van der Waals surface area contributed by atoms with Crippen LogP contribution in [0.4, 0.5) is 0 Å². The van der Waals surface area contributed by atoms with Crippen molar-refractivity contribution in [2.24, 2.45) is 5.92 Å². The van der Waals surface area contributed by atoms with Crippen molar-refractivity contribution in [1.82, 2.24) is 5.32 Å². The van der Waals surface area contributed by atoms with Crippen molar-refractivity contribution >= 4 is 21.8 Å². The first-order chi connectivity index (χ1) is 8.86. The molecule has 0 aliphatic carbocycles. The molecule has 1 rings (SSSR count). The van der Waals surface area contributed by atoms with Crippen molar-refractivity contribution in [2.45, 2.75) is 47.1 Å². The Morgan fingerprint density at radius 2 is 1.74 bits per heavy atom. The molecule has 0 radical (unpaired) electrons. The molecular formula is C16H24BrNO. The maximum absolute atomic E-state index is 12.5. The van der Waals surface area contributed by atoms with Crippen molar-refractivity contribution in [2.75, 3.05) is 5.33 Å². The fourth-order valence-corrected chi connectivity index (χ4v) is 2.96. The molecule has 0 bridgehead atoms. The average molecular weight is 326 g/mol. The van der Waals surface area contributed by atoms with Crippen LogP contribution in [0.5, 0.6) is 0 Å². The molecular weight excluding hydrogens is 302 g/mol. The van der Waals surface area contributed by atoms with Gasteiger partial charge in [-0.2, -0.15) is 0 Å². The molecule has 1 aromatic rings. The lowest BCUT2D eigenvalue weighted by Gasteiger charge is -2.22. The highest BCUT2D eigenvalue weighted by Gasteiger charge is 2.19. The van der Waals surface area contributed by atoms with Gasteiger partial charge in [0.05, 0.1) is 0 Å². The van der Waals surface area contributed by atoms with Crippen LogP contribution in [0.3, 0.4) is 0 Å². The van der Waals surface area contributed by atoms with Gasteiger partial charge in [0.2, 0.25) is 0 Å². The predicted molar refractivity (Wildman–Crippen MR) is 85.2 cm³/mol. The van der Waals surface area contributed by atoms with E-state index in [4.69, 9.17) is 0 Å². The van der Waals surface area contributed by atoms with Gasteiger partial charge in [-0.25, -0.2) is 0 Å². The molecule has 0 aromatic heterocycles. The normalized spacial score (nSPS) is 12.6. The molecule has 0 heterocycles. The van der Waals surface area contributed by atoms with Crippen LogP contribution in [-0.2, 0) is 0 Å². The minimum atomic E-state index is 0.0506. The Kier molecular flexibility index (Phi) is 6.05. The summed E-state index contributed by atoms with van der Waals surface area (Å²) in [5.74, 6) is 0.488. The zero-order chi connectivity index (χ0) is 14.6. The molecule has 0 spiro atoms. The maximum Gasteiger partial charge on any atom is 0.252 e. The van der Waals surface area contributed by atoms with E-state index in [0.717, 1.165) is 28.4 Å².